The summed E-state index contributed by atoms with van der Waals surface area (Å²) in [6.45, 7) is 1.90. The number of nitrogens with one attached hydrogen (secondary N) is 2. The molecule has 5 heteroatoms. The van der Waals surface area contributed by atoms with Gasteiger partial charge in [-0.1, -0.05) is 29.3 Å². The van der Waals surface area contributed by atoms with Crippen LogP contribution in [0.2, 0.25) is 10.0 Å². The van der Waals surface area contributed by atoms with Gasteiger partial charge < -0.3 is 10.6 Å². The average Bonchev–Trinajstić information content (AvgIpc) is 2.37. The van der Waals surface area contributed by atoms with Crippen LogP contribution in [0.5, 0.6) is 0 Å². The molecule has 2 aromatic rings. The Morgan fingerprint density at radius 2 is 1.58 bits per heavy atom. The third kappa shape index (κ3) is 3.88. The maximum Gasteiger partial charge on any atom is 0.323 e. The van der Waals surface area contributed by atoms with Crippen LogP contribution < -0.4 is 10.6 Å². The first-order valence-electron chi connectivity index (χ1n) is 5.64. The van der Waals surface area contributed by atoms with E-state index in [1.165, 1.54) is 0 Å². The van der Waals surface area contributed by atoms with E-state index in [9.17, 15) is 4.79 Å². The predicted octanol–water partition coefficient (Wildman–Crippen LogP) is 4.95. The zero-order valence-corrected chi connectivity index (χ0v) is 11.7. The van der Waals surface area contributed by atoms with Gasteiger partial charge in [-0.3, -0.25) is 0 Å². The van der Waals surface area contributed by atoms with Gasteiger partial charge in [-0.2, -0.15) is 0 Å². The Morgan fingerprint density at radius 1 is 0.947 bits per heavy atom. The van der Waals surface area contributed by atoms with E-state index in [0.717, 1.165) is 5.56 Å². The van der Waals surface area contributed by atoms with E-state index in [-0.39, 0.29) is 6.03 Å². The monoisotopic (exact) mass is 294 g/mol. The van der Waals surface area contributed by atoms with Crippen LogP contribution in [0.1, 0.15) is 5.56 Å². The molecular weight excluding hydrogens is 283 g/mol. The molecule has 0 saturated heterocycles. The number of benzene rings is 2. The number of carbonyl (C=O) groups excluding carboxylic acids is 1. The molecule has 0 bridgehead atoms. The summed E-state index contributed by atoms with van der Waals surface area (Å²) in [5.74, 6) is 0. The van der Waals surface area contributed by atoms with E-state index in [4.69, 9.17) is 23.2 Å². The van der Waals surface area contributed by atoms with Gasteiger partial charge in [0.25, 0.3) is 0 Å². The molecule has 2 N–H and O–H groups in total. The molecule has 0 unspecified atom stereocenters. The molecule has 0 aliphatic rings. The van der Waals surface area contributed by atoms with Gasteiger partial charge in [0.1, 0.15) is 0 Å². The lowest BCUT2D eigenvalue weighted by Gasteiger charge is -2.10. The fraction of sp³-hybridized carbons (Fsp3) is 0.0714. The van der Waals surface area contributed by atoms with Crippen LogP contribution in [0.25, 0.3) is 0 Å². The van der Waals surface area contributed by atoms with Gasteiger partial charge in [-0.05, 0) is 48.9 Å². The number of rotatable bonds is 2. The first kappa shape index (κ1) is 13.7. The van der Waals surface area contributed by atoms with Crippen molar-refractivity contribution >= 4 is 40.6 Å². The first-order chi connectivity index (χ1) is 9.04. The van der Waals surface area contributed by atoms with Crippen molar-refractivity contribution in [3.63, 3.8) is 0 Å². The minimum atomic E-state index is -0.326. The van der Waals surface area contributed by atoms with Crippen molar-refractivity contribution in [1.29, 1.82) is 0 Å². The van der Waals surface area contributed by atoms with Crippen molar-refractivity contribution in [2.24, 2.45) is 0 Å². The second kappa shape index (κ2) is 5.95. The lowest BCUT2D eigenvalue weighted by atomic mass is 10.2. The topological polar surface area (TPSA) is 41.1 Å². The number of hydrogen-bond acceptors (Lipinski definition) is 1. The predicted molar refractivity (Wildman–Crippen MR) is 80.3 cm³/mol. The Kier molecular flexibility index (Phi) is 4.30. The highest BCUT2D eigenvalue weighted by molar-refractivity contribution is 6.31. The van der Waals surface area contributed by atoms with Gasteiger partial charge in [-0.15, -0.1) is 0 Å². The van der Waals surface area contributed by atoms with E-state index < -0.39 is 0 Å². The largest absolute Gasteiger partial charge is 0.323 e. The molecule has 0 fully saturated rings. The molecule has 98 valence electrons. The molecule has 2 aromatic carbocycles. The molecular formula is C14H12Cl2N2O. The van der Waals surface area contributed by atoms with Crippen molar-refractivity contribution < 1.29 is 4.79 Å². The molecule has 0 aliphatic carbocycles. The summed E-state index contributed by atoms with van der Waals surface area (Å²) < 4.78 is 0. The van der Waals surface area contributed by atoms with Crippen molar-refractivity contribution in [1.82, 2.24) is 0 Å². The summed E-state index contributed by atoms with van der Waals surface area (Å²) in [6, 6.07) is 11.9. The quantitative estimate of drug-likeness (QED) is 0.809. The molecule has 0 aromatic heterocycles. The van der Waals surface area contributed by atoms with Crippen LogP contribution in [0.15, 0.2) is 42.5 Å². The summed E-state index contributed by atoms with van der Waals surface area (Å²) >= 11 is 11.7. The van der Waals surface area contributed by atoms with E-state index in [2.05, 4.69) is 10.6 Å². The highest BCUT2D eigenvalue weighted by atomic mass is 35.5. The number of carbonyl (C=O) groups is 1. The molecule has 0 saturated carbocycles. The third-order valence-electron chi connectivity index (χ3n) is 2.55. The van der Waals surface area contributed by atoms with E-state index in [1.807, 2.05) is 13.0 Å². The molecule has 0 spiro atoms. The van der Waals surface area contributed by atoms with Crippen LogP contribution in [-0.4, -0.2) is 6.03 Å². The molecule has 2 amide bonds. The van der Waals surface area contributed by atoms with Gasteiger partial charge in [0.05, 0.1) is 0 Å². The van der Waals surface area contributed by atoms with E-state index in [0.29, 0.717) is 21.4 Å². The fourth-order valence-corrected chi connectivity index (χ4v) is 1.84. The number of aryl methyl sites for hydroxylation is 1. The van der Waals surface area contributed by atoms with Gasteiger partial charge in [0, 0.05) is 21.4 Å². The maximum absolute atomic E-state index is 11.8. The lowest BCUT2D eigenvalue weighted by molar-refractivity contribution is 0.262. The minimum absolute atomic E-state index is 0.326. The fourth-order valence-electron chi connectivity index (χ4n) is 1.55. The summed E-state index contributed by atoms with van der Waals surface area (Å²) in [5.41, 5.74) is 2.29. The Balaban J connectivity index is 2.05. The van der Waals surface area contributed by atoms with Crippen LogP contribution >= 0.6 is 23.2 Å². The van der Waals surface area contributed by atoms with Gasteiger partial charge in [-0.25, -0.2) is 4.79 Å². The number of amides is 2. The zero-order valence-electron chi connectivity index (χ0n) is 10.2. The SMILES string of the molecule is Cc1ccc(Cl)cc1NC(=O)Nc1ccc(Cl)cc1. The van der Waals surface area contributed by atoms with E-state index in [1.54, 1.807) is 36.4 Å². The van der Waals surface area contributed by atoms with Crippen LogP contribution in [0.4, 0.5) is 16.2 Å². The Hall–Kier alpha value is -1.71. The number of hydrogen-bond donors (Lipinski definition) is 2. The second-order valence-corrected chi connectivity index (χ2v) is 4.92. The van der Waals surface area contributed by atoms with Gasteiger partial charge in [0.2, 0.25) is 0 Å². The molecule has 0 aliphatic heterocycles. The van der Waals surface area contributed by atoms with Crippen LogP contribution in [0.3, 0.4) is 0 Å². The summed E-state index contributed by atoms with van der Waals surface area (Å²) in [7, 11) is 0. The average molecular weight is 295 g/mol. The Morgan fingerprint density at radius 3 is 2.26 bits per heavy atom. The maximum atomic E-state index is 11.8. The number of halogens is 2. The molecule has 0 atom stereocenters. The van der Waals surface area contributed by atoms with Crippen molar-refractivity contribution in [3.05, 3.63) is 58.1 Å². The lowest BCUT2D eigenvalue weighted by Crippen LogP contribution is -2.19. The molecule has 2 rings (SSSR count). The van der Waals surface area contributed by atoms with Crippen molar-refractivity contribution in [3.8, 4) is 0 Å². The smallest absolute Gasteiger partial charge is 0.308 e. The Labute approximate surface area is 121 Å². The summed E-state index contributed by atoms with van der Waals surface area (Å²) in [6.07, 6.45) is 0. The third-order valence-corrected chi connectivity index (χ3v) is 3.04. The second-order valence-electron chi connectivity index (χ2n) is 4.05. The zero-order chi connectivity index (χ0) is 13.8. The highest BCUT2D eigenvalue weighted by Crippen LogP contribution is 2.20. The molecule has 3 nitrogen and oxygen atoms in total. The minimum Gasteiger partial charge on any atom is -0.308 e. The number of urea groups is 1. The molecule has 19 heavy (non-hydrogen) atoms. The van der Waals surface area contributed by atoms with Crippen LogP contribution in [-0.2, 0) is 0 Å². The summed E-state index contributed by atoms with van der Waals surface area (Å²) in [4.78, 5) is 11.8. The molecule has 0 heterocycles. The van der Waals surface area contributed by atoms with Crippen molar-refractivity contribution in [2.75, 3.05) is 10.6 Å². The van der Waals surface area contributed by atoms with Gasteiger partial charge >= 0.3 is 6.03 Å². The highest BCUT2D eigenvalue weighted by Gasteiger charge is 2.05. The number of anilines is 2. The normalized spacial score (nSPS) is 10.1. The summed E-state index contributed by atoms with van der Waals surface area (Å²) in [5, 5.41) is 6.66. The van der Waals surface area contributed by atoms with Crippen LogP contribution in [0, 0.1) is 6.92 Å². The Bertz CT molecular complexity index is 597. The van der Waals surface area contributed by atoms with E-state index >= 15 is 0 Å². The standard InChI is InChI=1S/C14H12Cl2N2O/c1-9-2-3-11(16)8-13(9)18-14(19)17-12-6-4-10(15)5-7-12/h2-8H,1H3,(H2,17,18,19). The van der Waals surface area contributed by atoms with Gasteiger partial charge in [0.15, 0.2) is 0 Å². The first-order valence-corrected chi connectivity index (χ1v) is 6.40. The molecule has 0 radical (unpaired) electrons. The van der Waals surface area contributed by atoms with Crippen molar-refractivity contribution in [2.45, 2.75) is 6.92 Å².